The van der Waals surface area contributed by atoms with Crippen molar-refractivity contribution in [1.29, 1.82) is 0 Å². The van der Waals surface area contributed by atoms with Gasteiger partial charge in [-0.3, -0.25) is 4.79 Å². The van der Waals surface area contributed by atoms with E-state index in [1.165, 1.54) is 0 Å². The molecule has 15 heavy (non-hydrogen) atoms. The van der Waals surface area contributed by atoms with Crippen molar-refractivity contribution in [2.45, 2.75) is 12.1 Å². The minimum Gasteiger partial charge on any atom is -0.361 e. The molecular weight excluding hydrogens is 208 g/mol. The van der Waals surface area contributed by atoms with Gasteiger partial charge in [-0.2, -0.15) is 11.8 Å². The van der Waals surface area contributed by atoms with E-state index >= 15 is 0 Å². The summed E-state index contributed by atoms with van der Waals surface area (Å²) in [5.74, 6) is 2.11. The summed E-state index contributed by atoms with van der Waals surface area (Å²) in [6, 6.07) is 7.67. The van der Waals surface area contributed by atoms with Gasteiger partial charge in [0.05, 0.1) is 5.56 Å². The Balaban J connectivity index is 2.02. The van der Waals surface area contributed by atoms with Crippen LogP contribution in [0.2, 0.25) is 0 Å². The van der Waals surface area contributed by atoms with Crippen molar-refractivity contribution >= 4 is 23.4 Å². The molecule has 3 nitrogen and oxygen atoms in total. The highest BCUT2D eigenvalue weighted by Gasteiger charge is 2.39. The molecule has 2 N–H and O–H groups in total. The highest BCUT2D eigenvalue weighted by atomic mass is 32.2. The summed E-state index contributed by atoms with van der Waals surface area (Å²) in [4.78, 5) is 11.9. The molecule has 0 radical (unpaired) electrons. The Labute approximate surface area is 92.6 Å². The Morgan fingerprint density at radius 3 is 2.93 bits per heavy atom. The Morgan fingerprint density at radius 2 is 2.13 bits per heavy atom. The van der Waals surface area contributed by atoms with E-state index in [2.05, 4.69) is 10.6 Å². The molecule has 0 bridgehead atoms. The lowest BCUT2D eigenvalue weighted by Crippen LogP contribution is -2.57. The normalized spacial score (nSPS) is 28.4. The summed E-state index contributed by atoms with van der Waals surface area (Å²) < 4.78 is 0. The van der Waals surface area contributed by atoms with Crippen molar-refractivity contribution in [1.82, 2.24) is 5.32 Å². The second-order valence-corrected chi connectivity index (χ2v) is 5.11. The van der Waals surface area contributed by atoms with Crippen molar-refractivity contribution in [3.8, 4) is 0 Å². The van der Waals surface area contributed by atoms with Crippen LogP contribution in [0, 0.1) is 0 Å². The van der Waals surface area contributed by atoms with Gasteiger partial charge in [0.15, 0.2) is 0 Å². The first-order chi connectivity index (χ1) is 7.29. The fraction of sp³-hybridized carbons (Fsp3) is 0.364. The average molecular weight is 220 g/mol. The average Bonchev–Trinajstić information content (AvgIpc) is 2.66. The summed E-state index contributed by atoms with van der Waals surface area (Å²) in [7, 11) is 0. The number of anilines is 1. The molecular formula is C11H12N2OS. The SMILES string of the molecule is O=C1NC2(CCSC2)Nc2ccccc21. The van der Waals surface area contributed by atoms with Crippen LogP contribution in [0.5, 0.6) is 0 Å². The van der Waals surface area contributed by atoms with Gasteiger partial charge in [-0.15, -0.1) is 0 Å². The predicted octanol–water partition coefficient (Wildman–Crippen LogP) is 1.68. The molecule has 78 valence electrons. The maximum absolute atomic E-state index is 11.9. The maximum Gasteiger partial charge on any atom is 0.255 e. The van der Waals surface area contributed by atoms with Crippen molar-refractivity contribution in [2.75, 3.05) is 16.8 Å². The lowest BCUT2D eigenvalue weighted by atomic mass is 10.0. The first kappa shape index (κ1) is 9.09. The molecule has 2 aliphatic rings. The monoisotopic (exact) mass is 220 g/mol. The lowest BCUT2D eigenvalue weighted by molar-refractivity contribution is 0.0910. The summed E-state index contributed by atoms with van der Waals surface area (Å²) in [5, 5.41) is 6.53. The van der Waals surface area contributed by atoms with Crippen LogP contribution in [0.15, 0.2) is 24.3 Å². The molecule has 3 rings (SSSR count). The predicted molar refractivity (Wildman–Crippen MR) is 62.2 cm³/mol. The molecule has 1 fully saturated rings. The minimum absolute atomic E-state index is 0.0480. The van der Waals surface area contributed by atoms with Crippen LogP contribution in [-0.2, 0) is 0 Å². The van der Waals surface area contributed by atoms with Gasteiger partial charge in [0.25, 0.3) is 5.91 Å². The molecule has 2 aliphatic heterocycles. The van der Waals surface area contributed by atoms with Gasteiger partial charge >= 0.3 is 0 Å². The number of carbonyl (C=O) groups is 1. The fourth-order valence-electron chi connectivity index (χ4n) is 2.13. The summed E-state index contributed by atoms with van der Waals surface area (Å²) >= 11 is 1.88. The number of nitrogens with one attached hydrogen (secondary N) is 2. The molecule has 0 aliphatic carbocycles. The highest BCUT2D eigenvalue weighted by Crippen LogP contribution is 2.33. The molecule has 4 heteroatoms. The largest absolute Gasteiger partial charge is 0.361 e. The Kier molecular flexibility index (Phi) is 1.92. The topological polar surface area (TPSA) is 41.1 Å². The number of para-hydroxylation sites is 1. The van der Waals surface area contributed by atoms with Crippen molar-refractivity contribution in [3.63, 3.8) is 0 Å². The van der Waals surface area contributed by atoms with Crippen LogP contribution in [0.1, 0.15) is 16.8 Å². The molecule has 1 spiro atoms. The van der Waals surface area contributed by atoms with Crippen LogP contribution in [-0.4, -0.2) is 23.1 Å². The Morgan fingerprint density at radius 1 is 1.27 bits per heavy atom. The Bertz CT molecular complexity index is 413. The number of carbonyl (C=O) groups excluding carboxylic acids is 1. The first-order valence-electron chi connectivity index (χ1n) is 5.07. The van der Waals surface area contributed by atoms with Gasteiger partial charge in [0.1, 0.15) is 5.66 Å². The van der Waals surface area contributed by atoms with E-state index in [0.717, 1.165) is 29.2 Å². The van der Waals surface area contributed by atoms with E-state index in [1.807, 2.05) is 36.0 Å². The summed E-state index contributed by atoms with van der Waals surface area (Å²) in [6.45, 7) is 0. The fourth-order valence-corrected chi connectivity index (χ4v) is 3.40. The van der Waals surface area contributed by atoms with Crippen molar-refractivity contribution < 1.29 is 4.79 Å². The van der Waals surface area contributed by atoms with Crippen LogP contribution in [0.25, 0.3) is 0 Å². The smallest absolute Gasteiger partial charge is 0.255 e. The molecule has 1 saturated heterocycles. The van der Waals surface area contributed by atoms with E-state index in [0.29, 0.717) is 0 Å². The third-order valence-corrected chi connectivity index (χ3v) is 4.11. The molecule has 1 unspecified atom stereocenters. The van der Waals surface area contributed by atoms with Crippen molar-refractivity contribution in [3.05, 3.63) is 29.8 Å². The molecule has 1 aromatic carbocycles. The summed E-state index contributed by atoms with van der Waals surface area (Å²) in [5.41, 5.74) is 1.51. The van der Waals surface area contributed by atoms with E-state index in [9.17, 15) is 4.79 Å². The molecule has 0 saturated carbocycles. The number of hydrogen-bond acceptors (Lipinski definition) is 3. The van der Waals surface area contributed by atoms with E-state index < -0.39 is 0 Å². The molecule has 2 heterocycles. The summed E-state index contributed by atoms with van der Waals surface area (Å²) in [6.07, 6.45) is 0.998. The molecule has 1 aromatic rings. The number of fused-ring (bicyclic) bond motifs is 1. The lowest BCUT2D eigenvalue weighted by Gasteiger charge is -2.36. The van der Waals surface area contributed by atoms with Crippen LogP contribution in [0.3, 0.4) is 0 Å². The second kappa shape index (κ2) is 3.17. The van der Waals surface area contributed by atoms with Gasteiger partial charge in [-0.05, 0) is 24.3 Å². The molecule has 1 atom stereocenters. The maximum atomic E-state index is 11.9. The van der Waals surface area contributed by atoms with E-state index in [1.54, 1.807) is 0 Å². The zero-order valence-corrected chi connectivity index (χ0v) is 9.06. The highest BCUT2D eigenvalue weighted by molar-refractivity contribution is 7.99. The zero-order chi connectivity index (χ0) is 10.3. The third-order valence-electron chi connectivity index (χ3n) is 2.92. The third kappa shape index (κ3) is 1.40. The van der Waals surface area contributed by atoms with Gasteiger partial charge in [-0.25, -0.2) is 0 Å². The molecule has 1 amide bonds. The number of amides is 1. The van der Waals surface area contributed by atoms with Crippen molar-refractivity contribution in [2.24, 2.45) is 0 Å². The number of rotatable bonds is 0. The number of benzene rings is 1. The standard InChI is InChI=1S/C11H12N2OS/c14-10-8-3-1-2-4-9(8)12-11(13-10)5-6-15-7-11/h1-4,12H,5-7H2,(H,13,14). The minimum atomic E-state index is -0.198. The number of thioether (sulfide) groups is 1. The van der Waals surface area contributed by atoms with Gasteiger partial charge < -0.3 is 10.6 Å². The second-order valence-electron chi connectivity index (χ2n) is 4.01. The van der Waals surface area contributed by atoms with E-state index in [4.69, 9.17) is 0 Å². The molecule has 0 aromatic heterocycles. The first-order valence-corrected chi connectivity index (χ1v) is 6.22. The quantitative estimate of drug-likeness (QED) is 0.699. The van der Waals surface area contributed by atoms with Gasteiger partial charge in [0, 0.05) is 11.4 Å². The van der Waals surface area contributed by atoms with E-state index in [-0.39, 0.29) is 11.6 Å². The van der Waals surface area contributed by atoms with Crippen LogP contribution < -0.4 is 10.6 Å². The van der Waals surface area contributed by atoms with Gasteiger partial charge in [0.2, 0.25) is 0 Å². The van der Waals surface area contributed by atoms with Crippen LogP contribution in [0.4, 0.5) is 5.69 Å². The zero-order valence-electron chi connectivity index (χ0n) is 8.25. The Hall–Kier alpha value is -1.16. The van der Waals surface area contributed by atoms with Gasteiger partial charge in [-0.1, -0.05) is 12.1 Å². The van der Waals surface area contributed by atoms with Crippen LogP contribution >= 0.6 is 11.8 Å². The number of hydrogen-bond donors (Lipinski definition) is 2.